The summed E-state index contributed by atoms with van der Waals surface area (Å²) in [5.41, 5.74) is 6.57. The van der Waals surface area contributed by atoms with Crippen molar-refractivity contribution in [2.75, 3.05) is 11.9 Å². The first-order valence-electron chi connectivity index (χ1n) is 8.55. The summed E-state index contributed by atoms with van der Waals surface area (Å²) in [7, 11) is 0. The van der Waals surface area contributed by atoms with E-state index >= 15 is 0 Å². The Balaban J connectivity index is 1.83. The first-order valence-corrected chi connectivity index (χ1v) is 8.55. The third-order valence-corrected chi connectivity index (χ3v) is 3.68. The molecule has 0 saturated heterocycles. The van der Waals surface area contributed by atoms with Gasteiger partial charge in [-0.05, 0) is 41.8 Å². The number of carbonyl (C=O) groups excluding carboxylic acids is 3. The van der Waals surface area contributed by atoms with Crippen molar-refractivity contribution >= 4 is 23.4 Å². The Labute approximate surface area is 158 Å². The molecule has 7 heteroatoms. The fourth-order valence-electron chi connectivity index (χ4n) is 2.38. The Bertz CT molecular complexity index is 816. The Morgan fingerprint density at radius 3 is 2.26 bits per heavy atom. The first-order chi connectivity index (χ1) is 12.9. The van der Waals surface area contributed by atoms with E-state index in [1.807, 2.05) is 32.0 Å². The van der Waals surface area contributed by atoms with Gasteiger partial charge >= 0.3 is 0 Å². The van der Waals surface area contributed by atoms with Crippen LogP contribution in [0.2, 0.25) is 0 Å². The van der Waals surface area contributed by atoms with Gasteiger partial charge in [0, 0.05) is 18.2 Å². The zero-order valence-electron chi connectivity index (χ0n) is 15.5. The molecule has 0 aliphatic rings. The van der Waals surface area contributed by atoms with E-state index in [4.69, 9.17) is 4.74 Å². The SMILES string of the molecule is CC(=O)Nc1ccc(C(=O)NNC(=O)COc2ccccc2C(C)C)cc1. The molecule has 0 spiro atoms. The largest absolute Gasteiger partial charge is 0.483 e. The van der Waals surface area contributed by atoms with Crippen molar-refractivity contribution in [3.8, 4) is 5.75 Å². The van der Waals surface area contributed by atoms with Gasteiger partial charge in [0.25, 0.3) is 11.8 Å². The molecule has 0 aliphatic carbocycles. The van der Waals surface area contributed by atoms with Crippen LogP contribution >= 0.6 is 0 Å². The van der Waals surface area contributed by atoms with Crippen LogP contribution in [0.3, 0.4) is 0 Å². The van der Waals surface area contributed by atoms with Crippen LogP contribution in [0.5, 0.6) is 5.75 Å². The number of carbonyl (C=O) groups is 3. The van der Waals surface area contributed by atoms with Gasteiger partial charge in [0.15, 0.2) is 6.61 Å². The van der Waals surface area contributed by atoms with E-state index in [-0.39, 0.29) is 18.4 Å². The molecule has 2 rings (SSSR count). The summed E-state index contributed by atoms with van der Waals surface area (Å²) in [5.74, 6) is -0.234. The Hall–Kier alpha value is -3.35. The number of para-hydroxylation sites is 1. The normalized spacial score (nSPS) is 10.2. The second-order valence-electron chi connectivity index (χ2n) is 6.24. The second-order valence-corrected chi connectivity index (χ2v) is 6.24. The molecule has 0 saturated carbocycles. The Morgan fingerprint density at radius 2 is 1.63 bits per heavy atom. The molecule has 0 heterocycles. The smallest absolute Gasteiger partial charge is 0.276 e. The standard InChI is InChI=1S/C20H23N3O4/c1-13(2)17-6-4-5-7-18(17)27-12-19(25)22-23-20(26)15-8-10-16(11-9-15)21-14(3)24/h4-11,13H,12H2,1-3H3,(H,21,24)(H,22,25)(H,23,26). The molecular formula is C20H23N3O4. The van der Waals surface area contributed by atoms with Gasteiger partial charge in [-0.2, -0.15) is 0 Å². The molecule has 27 heavy (non-hydrogen) atoms. The van der Waals surface area contributed by atoms with E-state index in [0.29, 0.717) is 17.0 Å². The van der Waals surface area contributed by atoms with Gasteiger partial charge in [-0.15, -0.1) is 0 Å². The monoisotopic (exact) mass is 369 g/mol. The third-order valence-electron chi connectivity index (χ3n) is 3.68. The van der Waals surface area contributed by atoms with Crippen molar-refractivity contribution in [1.29, 1.82) is 0 Å². The van der Waals surface area contributed by atoms with Gasteiger partial charge in [-0.1, -0.05) is 32.0 Å². The highest BCUT2D eigenvalue weighted by Crippen LogP contribution is 2.25. The maximum atomic E-state index is 12.0. The lowest BCUT2D eigenvalue weighted by atomic mass is 10.0. The number of anilines is 1. The molecule has 3 amide bonds. The summed E-state index contributed by atoms with van der Waals surface area (Å²) in [6.07, 6.45) is 0. The molecule has 142 valence electrons. The van der Waals surface area contributed by atoms with Crippen molar-refractivity contribution in [2.45, 2.75) is 26.7 Å². The number of hydrogen-bond donors (Lipinski definition) is 3. The number of hydrogen-bond acceptors (Lipinski definition) is 4. The number of hydrazine groups is 1. The number of nitrogens with one attached hydrogen (secondary N) is 3. The third kappa shape index (κ3) is 6.14. The van der Waals surface area contributed by atoms with Crippen molar-refractivity contribution < 1.29 is 19.1 Å². The first kappa shape index (κ1) is 20.0. The highest BCUT2D eigenvalue weighted by atomic mass is 16.5. The summed E-state index contributed by atoms with van der Waals surface area (Å²) in [6, 6.07) is 13.8. The molecule has 7 nitrogen and oxygen atoms in total. The van der Waals surface area contributed by atoms with Gasteiger partial charge in [-0.3, -0.25) is 25.2 Å². The molecule has 0 aromatic heterocycles. The molecule has 0 atom stereocenters. The minimum absolute atomic E-state index is 0.196. The van der Waals surface area contributed by atoms with Crippen molar-refractivity contribution in [3.05, 3.63) is 59.7 Å². The van der Waals surface area contributed by atoms with Gasteiger partial charge in [0.05, 0.1) is 0 Å². The van der Waals surface area contributed by atoms with Crippen molar-refractivity contribution in [1.82, 2.24) is 10.9 Å². The average molecular weight is 369 g/mol. The molecule has 0 unspecified atom stereocenters. The topological polar surface area (TPSA) is 96.5 Å². The molecular weight excluding hydrogens is 346 g/mol. The molecule has 0 fully saturated rings. The minimum atomic E-state index is -0.475. The van der Waals surface area contributed by atoms with E-state index in [9.17, 15) is 14.4 Å². The highest BCUT2D eigenvalue weighted by molar-refractivity contribution is 5.96. The quantitative estimate of drug-likeness (QED) is 0.682. The van der Waals surface area contributed by atoms with Gasteiger partial charge < -0.3 is 10.1 Å². The molecule has 0 radical (unpaired) electrons. The molecule has 3 N–H and O–H groups in total. The van der Waals surface area contributed by atoms with E-state index in [2.05, 4.69) is 16.2 Å². The van der Waals surface area contributed by atoms with Crippen LogP contribution in [0, 0.1) is 0 Å². The zero-order chi connectivity index (χ0) is 19.8. The fourth-order valence-corrected chi connectivity index (χ4v) is 2.38. The van der Waals surface area contributed by atoms with E-state index in [0.717, 1.165) is 5.56 Å². The van der Waals surface area contributed by atoms with Gasteiger partial charge in [-0.25, -0.2) is 0 Å². The van der Waals surface area contributed by atoms with Crippen LogP contribution in [-0.4, -0.2) is 24.3 Å². The summed E-state index contributed by atoms with van der Waals surface area (Å²) >= 11 is 0. The summed E-state index contributed by atoms with van der Waals surface area (Å²) in [6.45, 7) is 5.27. The van der Waals surface area contributed by atoms with Crippen LogP contribution in [0.1, 0.15) is 42.6 Å². The summed E-state index contributed by atoms with van der Waals surface area (Å²) in [4.78, 5) is 34.9. The molecule has 0 bridgehead atoms. The minimum Gasteiger partial charge on any atom is -0.483 e. The van der Waals surface area contributed by atoms with Crippen LogP contribution in [0.25, 0.3) is 0 Å². The van der Waals surface area contributed by atoms with Crippen molar-refractivity contribution in [2.24, 2.45) is 0 Å². The zero-order valence-corrected chi connectivity index (χ0v) is 15.5. The number of amides is 3. The lowest BCUT2D eigenvalue weighted by molar-refractivity contribution is -0.123. The van der Waals surface area contributed by atoms with Crippen LogP contribution in [-0.2, 0) is 9.59 Å². The van der Waals surface area contributed by atoms with Crippen LogP contribution in [0.15, 0.2) is 48.5 Å². The van der Waals surface area contributed by atoms with E-state index in [1.54, 1.807) is 30.3 Å². The summed E-state index contributed by atoms with van der Waals surface area (Å²) < 4.78 is 5.55. The predicted molar refractivity (Wildman–Crippen MR) is 102 cm³/mol. The number of rotatable bonds is 6. The fraction of sp³-hybridized carbons (Fsp3) is 0.250. The Morgan fingerprint density at radius 1 is 0.963 bits per heavy atom. The van der Waals surface area contributed by atoms with E-state index < -0.39 is 11.8 Å². The number of benzene rings is 2. The Kier molecular flexibility index (Phi) is 6.93. The van der Waals surface area contributed by atoms with E-state index in [1.165, 1.54) is 6.92 Å². The van der Waals surface area contributed by atoms with Crippen molar-refractivity contribution in [3.63, 3.8) is 0 Å². The number of ether oxygens (including phenoxy) is 1. The average Bonchev–Trinajstić information content (AvgIpc) is 2.64. The van der Waals surface area contributed by atoms with Crippen LogP contribution in [0.4, 0.5) is 5.69 Å². The maximum absolute atomic E-state index is 12.0. The molecule has 2 aromatic rings. The highest BCUT2D eigenvalue weighted by Gasteiger charge is 2.11. The second kappa shape index (κ2) is 9.38. The van der Waals surface area contributed by atoms with Gasteiger partial charge in [0.2, 0.25) is 5.91 Å². The molecule has 0 aliphatic heterocycles. The van der Waals surface area contributed by atoms with Gasteiger partial charge in [0.1, 0.15) is 5.75 Å². The van der Waals surface area contributed by atoms with Crippen LogP contribution < -0.4 is 20.9 Å². The maximum Gasteiger partial charge on any atom is 0.276 e. The lowest BCUT2D eigenvalue weighted by Crippen LogP contribution is -2.43. The molecule has 2 aromatic carbocycles. The lowest BCUT2D eigenvalue weighted by Gasteiger charge is -2.14. The summed E-state index contributed by atoms with van der Waals surface area (Å²) in [5, 5.41) is 2.61. The predicted octanol–water partition coefficient (Wildman–Crippen LogP) is 2.61.